The first-order valence-corrected chi connectivity index (χ1v) is 6.37. The van der Waals surface area contributed by atoms with Crippen LogP contribution < -0.4 is 10.1 Å². The third kappa shape index (κ3) is 4.03. The summed E-state index contributed by atoms with van der Waals surface area (Å²) >= 11 is 0. The minimum Gasteiger partial charge on any atom is -0.491 e. The Morgan fingerprint density at radius 3 is 2.84 bits per heavy atom. The molecule has 0 spiro atoms. The summed E-state index contributed by atoms with van der Waals surface area (Å²) < 4.78 is 5.67. The van der Waals surface area contributed by atoms with E-state index in [4.69, 9.17) is 4.74 Å². The molecule has 102 valence electrons. The van der Waals surface area contributed by atoms with E-state index in [0.717, 1.165) is 17.9 Å². The number of hydrogen-bond acceptors (Lipinski definition) is 5. The molecule has 1 aromatic heterocycles. The van der Waals surface area contributed by atoms with Crippen LogP contribution >= 0.6 is 0 Å². The quantitative estimate of drug-likeness (QED) is 0.829. The molecule has 1 heterocycles. The summed E-state index contributed by atoms with van der Waals surface area (Å²) in [6.07, 6.45) is 0.182. The lowest BCUT2D eigenvalue weighted by Crippen LogP contribution is -2.19. The minimum absolute atomic E-state index is 0.0495. The molecule has 0 saturated carbocycles. The summed E-state index contributed by atoms with van der Waals surface area (Å²) in [5, 5.41) is 17.2. The van der Waals surface area contributed by atoms with Gasteiger partial charge in [-0.05, 0) is 38.5 Å². The summed E-state index contributed by atoms with van der Waals surface area (Å²) in [6.45, 7) is 6.76. The average Bonchev–Trinajstić information content (AvgIpc) is 2.89. The van der Waals surface area contributed by atoms with Gasteiger partial charge in [0.1, 0.15) is 5.75 Å². The van der Waals surface area contributed by atoms with Crippen molar-refractivity contribution in [1.29, 1.82) is 0 Å². The maximum absolute atomic E-state index is 5.67. The molecular weight excluding hydrogens is 242 g/mol. The van der Waals surface area contributed by atoms with E-state index in [9.17, 15) is 0 Å². The molecule has 0 radical (unpaired) electrons. The second-order valence-electron chi connectivity index (χ2n) is 4.69. The van der Waals surface area contributed by atoms with Crippen LogP contribution in [0.1, 0.15) is 38.2 Å². The Morgan fingerprint density at radius 1 is 1.32 bits per heavy atom. The monoisotopic (exact) mass is 261 g/mol. The Morgan fingerprint density at radius 2 is 2.16 bits per heavy atom. The molecule has 19 heavy (non-hydrogen) atoms. The summed E-state index contributed by atoms with van der Waals surface area (Å²) in [6, 6.07) is 8.10. The molecule has 0 fully saturated rings. The zero-order valence-electron chi connectivity index (χ0n) is 11.4. The van der Waals surface area contributed by atoms with Crippen molar-refractivity contribution in [3.63, 3.8) is 0 Å². The van der Waals surface area contributed by atoms with Crippen molar-refractivity contribution in [1.82, 2.24) is 25.9 Å². The van der Waals surface area contributed by atoms with E-state index in [1.54, 1.807) is 0 Å². The standard InChI is InChI=1S/C13H19N5O/c1-9(2)19-12-6-4-5-11(7-12)8-14-10(3)13-15-17-18-16-13/h4-7,9-10,14H,8H2,1-3H3,(H,15,16,17,18). The highest BCUT2D eigenvalue weighted by Gasteiger charge is 2.09. The lowest BCUT2D eigenvalue weighted by atomic mass is 10.2. The van der Waals surface area contributed by atoms with Crippen molar-refractivity contribution < 1.29 is 4.74 Å². The van der Waals surface area contributed by atoms with Gasteiger partial charge in [0.05, 0.1) is 12.1 Å². The number of aromatic nitrogens is 4. The normalized spacial score (nSPS) is 12.6. The molecule has 0 amide bonds. The van der Waals surface area contributed by atoms with Gasteiger partial charge in [0.2, 0.25) is 0 Å². The van der Waals surface area contributed by atoms with Gasteiger partial charge in [-0.1, -0.05) is 17.3 Å². The Kier molecular flexibility index (Phi) is 4.46. The van der Waals surface area contributed by atoms with Crippen molar-refractivity contribution in [3.05, 3.63) is 35.7 Å². The van der Waals surface area contributed by atoms with Crippen LogP contribution in [0.4, 0.5) is 0 Å². The first-order valence-electron chi connectivity index (χ1n) is 6.37. The van der Waals surface area contributed by atoms with Crippen molar-refractivity contribution in [2.75, 3.05) is 0 Å². The van der Waals surface area contributed by atoms with Crippen molar-refractivity contribution >= 4 is 0 Å². The number of hydrogen-bond donors (Lipinski definition) is 2. The number of ether oxygens (including phenoxy) is 1. The van der Waals surface area contributed by atoms with Crippen LogP contribution in [0.2, 0.25) is 0 Å². The average molecular weight is 261 g/mol. The van der Waals surface area contributed by atoms with E-state index in [-0.39, 0.29) is 12.1 Å². The first kappa shape index (κ1) is 13.5. The van der Waals surface area contributed by atoms with E-state index >= 15 is 0 Å². The third-order valence-corrected chi connectivity index (χ3v) is 2.63. The van der Waals surface area contributed by atoms with E-state index in [1.807, 2.05) is 39.0 Å². The number of aromatic amines is 1. The van der Waals surface area contributed by atoms with Crippen LogP contribution in [-0.4, -0.2) is 26.7 Å². The fourth-order valence-corrected chi connectivity index (χ4v) is 1.72. The molecule has 0 saturated heterocycles. The number of tetrazole rings is 1. The van der Waals surface area contributed by atoms with Crippen LogP contribution in [-0.2, 0) is 6.54 Å². The zero-order valence-corrected chi connectivity index (χ0v) is 11.4. The Balaban J connectivity index is 1.92. The van der Waals surface area contributed by atoms with Gasteiger partial charge in [0.15, 0.2) is 5.82 Å². The number of rotatable bonds is 6. The second-order valence-corrected chi connectivity index (χ2v) is 4.69. The largest absolute Gasteiger partial charge is 0.491 e. The Bertz CT molecular complexity index is 497. The third-order valence-electron chi connectivity index (χ3n) is 2.63. The van der Waals surface area contributed by atoms with Gasteiger partial charge < -0.3 is 10.1 Å². The molecule has 2 N–H and O–H groups in total. The molecule has 2 rings (SSSR count). The van der Waals surface area contributed by atoms with Gasteiger partial charge >= 0.3 is 0 Å². The maximum atomic E-state index is 5.67. The second kappa shape index (κ2) is 6.29. The summed E-state index contributed by atoms with van der Waals surface area (Å²) in [4.78, 5) is 0. The van der Waals surface area contributed by atoms with Gasteiger partial charge in [0, 0.05) is 6.54 Å². The molecule has 0 aliphatic carbocycles. The van der Waals surface area contributed by atoms with E-state index < -0.39 is 0 Å². The minimum atomic E-state index is 0.0495. The van der Waals surface area contributed by atoms with Gasteiger partial charge in [-0.15, -0.1) is 10.2 Å². The van der Waals surface area contributed by atoms with Gasteiger partial charge in [-0.2, -0.15) is 5.21 Å². The topological polar surface area (TPSA) is 75.7 Å². The predicted molar refractivity (Wildman–Crippen MR) is 71.6 cm³/mol. The molecule has 2 aromatic rings. The molecule has 1 unspecified atom stereocenters. The fraction of sp³-hybridized carbons (Fsp3) is 0.462. The molecule has 1 aromatic carbocycles. The van der Waals surface area contributed by atoms with Gasteiger partial charge in [-0.3, -0.25) is 0 Å². The molecule has 6 nitrogen and oxygen atoms in total. The highest BCUT2D eigenvalue weighted by molar-refractivity contribution is 5.28. The van der Waals surface area contributed by atoms with Crippen LogP contribution in [0, 0.1) is 0 Å². The molecular formula is C13H19N5O. The van der Waals surface area contributed by atoms with Gasteiger partial charge in [0.25, 0.3) is 0 Å². The van der Waals surface area contributed by atoms with Crippen LogP contribution in [0.3, 0.4) is 0 Å². The molecule has 0 aliphatic heterocycles. The summed E-state index contributed by atoms with van der Waals surface area (Å²) in [7, 11) is 0. The molecule has 0 bridgehead atoms. The number of nitrogens with zero attached hydrogens (tertiary/aromatic N) is 3. The maximum Gasteiger partial charge on any atom is 0.191 e. The summed E-state index contributed by atoms with van der Waals surface area (Å²) in [5.41, 5.74) is 1.16. The number of H-pyrrole nitrogens is 1. The van der Waals surface area contributed by atoms with Crippen molar-refractivity contribution in [2.45, 2.75) is 39.5 Å². The highest BCUT2D eigenvalue weighted by atomic mass is 16.5. The SMILES string of the molecule is CC(C)Oc1cccc(CNC(C)c2nn[nH]n2)c1. The van der Waals surface area contributed by atoms with Crippen molar-refractivity contribution in [2.24, 2.45) is 0 Å². The van der Waals surface area contributed by atoms with Crippen LogP contribution in [0.25, 0.3) is 0 Å². The van der Waals surface area contributed by atoms with Crippen LogP contribution in [0.15, 0.2) is 24.3 Å². The van der Waals surface area contributed by atoms with Crippen LogP contribution in [0.5, 0.6) is 5.75 Å². The predicted octanol–water partition coefficient (Wildman–Crippen LogP) is 1.84. The van der Waals surface area contributed by atoms with E-state index in [0.29, 0.717) is 5.82 Å². The fourth-order valence-electron chi connectivity index (χ4n) is 1.72. The zero-order chi connectivity index (χ0) is 13.7. The highest BCUT2D eigenvalue weighted by Crippen LogP contribution is 2.15. The molecule has 1 atom stereocenters. The van der Waals surface area contributed by atoms with E-state index in [2.05, 4.69) is 32.0 Å². The van der Waals surface area contributed by atoms with E-state index in [1.165, 1.54) is 0 Å². The number of benzene rings is 1. The molecule has 0 aliphatic rings. The number of nitrogens with one attached hydrogen (secondary N) is 2. The van der Waals surface area contributed by atoms with Crippen molar-refractivity contribution in [3.8, 4) is 5.75 Å². The lowest BCUT2D eigenvalue weighted by Gasteiger charge is -2.13. The Labute approximate surface area is 112 Å². The lowest BCUT2D eigenvalue weighted by molar-refractivity contribution is 0.242. The summed E-state index contributed by atoms with van der Waals surface area (Å²) in [5.74, 6) is 1.55. The Hall–Kier alpha value is -1.95. The smallest absolute Gasteiger partial charge is 0.191 e. The van der Waals surface area contributed by atoms with Gasteiger partial charge in [-0.25, -0.2) is 0 Å². The molecule has 6 heteroatoms. The first-order chi connectivity index (χ1) is 9.15.